The number of aromatic nitrogens is 2. The van der Waals surface area contributed by atoms with E-state index in [1.807, 2.05) is 6.26 Å². The molecule has 0 radical (unpaired) electrons. The zero-order valence-corrected chi connectivity index (χ0v) is 19.9. The van der Waals surface area contributed by atoms with E-state index in [0.717, 1.165) is 21.7 Å². The highest BCUT2D eigenvalue weighted by Gasteiger charge is 2.32. The van der Waals surface area contributed by atoms with Gasteiger partial charge in [-0.2, -0.15) is 0 Å². The predicted octanol–water partition coefficient (Wildman–Crippen LogP) is 4.33. The van der Waals surface area contributed by atoms with E-state index < -0.39 is 17.0 Å². The number of likely N-dealkylation sites (N-methyl/N-ethyl adjacent to an activating group) is 1. The van der Waals surface area contributed by atoms with Gasteiger partial charge in [-0.15, -0.1) is 11.8 Å². The summed E-state index contributed by atoms with van der Waals surface area (Å²) in [4.78, 5) is 33.3. The van der Waals surface area contributed by atoms with E-state index in [2.05, 4.69) is 25.9 Å². The standard InChI is InChI=1S/C19H17BrFN3O5S2/c1-24-18(25)13(31-19(24)26)5-10-4-12(16(29-9-27-2)15(21)14(10)20)28-7-11-6-22-8-23-17(11)30-3/h4-6,8H,7,9H2,1-3H3/b13-5-. The minimum Gasteiger partial charge on any atom is -0.485 e. The Morgan fingerprint density at radius 3 is 2.77 bits per heavy atom. The fourth-order valence-corrected chi connectivity index (χ4v) is 4.30. The normalized spacial score (nSPS) is 15.1. The summed E-state index contributed by atoms with van der Waals surface area (Å²) in [5, 5.41) is 0.321. The van der Waals surface area contributed by atoms with Gasteiger partial charge in [0.15, 0.2) is 18.4 Å². The Bertz CT molecular complexity index is 1050. The number of carbonyl (C=O) groups excluding carboxylic acids is 2. The number of thioether (sulfide) groups is 2. The third-order valence-corrected chi connectivity index (χ3v) is 6.59. The van der Waals surface area contributed by atoms with Gasteiger partial charge in [0.1, 0.15) is 18.0 Å². The highest BCUT2D eigenvalue weighted by molar-refractivity contribution is 9.10. The molecule has 2 aromatic rings. The first-order valence-corrected chi connectivity index (χ1v) is 11.5. The number of imide groups is 1. The average Bonchev–Trinajstić information content (AvgIpc) is 3.01. The highest BCUT2D eigenvalue weighted by atomic mass is 79.9. The summed E-state index contributed by atoms with van der Waals surface area (Å²) in [6.07, 6.45) is 6.34. The number of hydrogen-bond donors (Lipinski definition) is 0. The van der Waals surface area contributed by atoms with Gasteiger partial charge in [0.25, 0.3) is 11.1 Å². The van der Waals surface area contributed by atoms with Gasteiger partial charge in [-0.05, 0) is 51.7 Å². The van der Waals surface area contributed by atoms with Crippen LogP contribution in [0.15, 0.2) is 33.0 Å². The number of carbonyl (C=O) groups is 2. The zero-order valence-electron chi connectivity index (χ0n) is 16.7. The number of halogens is 2. The Labute approximate surface area is 194 Å². The fourth-order valence-electron chi connectivity index (χ4n) is 2.54. The fraction of sp³-hybridized carbons (Fsp3) is 0.263. The van der Waals surface area contributed by atoms with Crippen molar-refractivity contribution in [2.24, 2.45) is 0 Å². The molecule has 12 heteroatoms. The monoisotopic (exact) mass is 529 g/mol. The molecule has 1 saturated heterocycles. The summed E-state index contributed by atoms with van der Waals surface area (Å²) >= 11 is 5.40. The van der Waals surface area contributed by atoms with E-state index in [4.69, 9.17) is 14.2 Å². The highest BCUT2D eigenvalue weighted by Crippen LogP contribution is 2.41. The third kappa shape index (κ3) is 5.20. The number of nitrogens with zero attached hydrogens (tertiary/aromatic N) is 3. The molecule has 1 aliphatic rings. The van der Waals surface area contributed by atoms with Crippen molar-refractivity contribution < 1.29 is 28.2 Å². The molecular formula is C19H17BrFN3O5S2. The molecule has 31 heavy (non-hydrogen) atoms. The summed E-state index contributed by atoms with van der Waals surface area (Å²) in [6, 6.07) is 1.52. The maximum Gasteiger partial charge on any atom is 0.293 e. The lowest BCUT2D eigenvalue weighted by Crippen LogP contribution is -2.22. The summed E-state index contributed by atoms with van der Waals surface area (Å²) < 4.78 is 31.3. The predicted molar refractivity (Wildman–Crippen MR) is 118 cm³/mol. The molecule has 8 nitrogen and oxygen atoms in total. The molecule has 0 saturated carbocycles. The third-order valence-electron chi connectivity index (χ3n) is 4.07. The van der Waals surface area contributed by atoms with Gasteiger partial charge >= 0.3 is 0 Å². The molecule has 3 rings (SSSR count). The van der Waals surface area contributed by atoms with Gasteiger partial charge in [-0.1, -0.05) is 0 Å². The maximum atomic E-state index is 15.1. The molecule has 1 fully saturated rings. The molecule has 1 aromatic heterocycles. The molecule has 0 spiro atoms. The van der Waals surface area contributed by atoms with E-state index >= 15 is 4.39 Å². The summed E-state index contributed by atoms with van der Waals surface area (Å²) in [5.41, 5.74) is 1.02. The molecule has 2 amide bonds. The van der Waals surface area contributed by atoms with Crippen molar-refractivity contribution in [1.29, 1.82) is 0 Å². The first kappa shape index (κ1) is 23.5. The van der Waals surface area contributed by atoms with Crippen LogP contribution in [0.3, 0.4) is 0 Å². The van der Waals surface area contributed by atoms with Gasteiger partial charge in [0, 0.05) is 25.9 Å². The van der Waals surface area contributed by atoms with Crippen LogP contribution in [0.25, 0.3) is 6.08 Å². The van der Waals surface area contributed by atoms with Crippen molar-refractivity contribution in [3.8, 4) is 11.5 Å². The second-order valence-electron chi connectivity index (χ2n) is 6.06. The second kappa shape index (κ2) is 10.4. The van der Waals surface area contributed by atoms with E-state index in [1.54, 1.807) is 6.20 Å². The summed E-state index contributed by atoms with van der Waals surface area (Å²) in [5.74, 6) is -1.26. The van der Waals surface area contributed by atoms with Crippen LogP contribution in [0.2, 0.25) is 0 Å². The van der Waals surface area contributed by atoms with Crippen molar-refractivity contribution in [2.75, 3.05) is 27.2 Å². The molecule has 0 N–H and O–H groups in total. The number of amides is 2. The molecule has 0 aliphatic carbocycles. The zero-order chi connectivity index (χ0) is 22.5. The first-order valence-electron chi connectivity index (χ1n) is 8.68. The molecule has 0 unspecified atom stereocenters. The minimum atomic E-state index is -0.731. The van der Waals surface area contributed by atoms with Gasteiger partial charge < -0.3 is 14.2 Å². The number of hydrogen-bond acceptors (Lipinski definition) is 9. The lowest BCUT2D eigenvalue weighted by molar-refractivity contribution is -0.121. The lowest BCUT2D eigenvalue weighted by Gasteiger charge is -2.16. The summed E-state index contributed by atoms with van der Waals surface area (Å²) in [6.45, 7) is -0.134. The van der Waals surface area contributed by atoms with E-state index in [9.17, 15) is 9.59 Å². The van der Waals surface area contributed by atoms with Gasteiger partial charge in [-0.25, -0.2) is 14.4 Å². The molecule has 1 aromatic carbocycles. The summed E-state index contributed by atoms with van der Waals surface area (Å²) in [7, 11) is 2.80. The van der Waals surface area contributed by atoms with Gasteiger partial charge in [0.2, 0.25) is 5.75 Å². The van der Waals surface area contributed by atoms with Crippen LogP contribution < -0.4 is 9.47 Å². The number of benzene rings is 1. The smallest absolute Gasteiger partial charge is 0.293 e. The number of methoxy groups -OCH3 is 1. The molecule has 1 aliphatic heterocycles. The van der Waals surface area contributed by atoms with Crippen LogP contribution in [0.4, 0.5) is 9.18 Å². The lowest BCUT2D eigenvalue weighted by atomic mass is 10.1. The van der Waals surface area contributed by atoms with Crippen LogP contribution >= 0.6 is 39.5 Å². The Kier molecular flexibility index (Phi) is 7.92. The van der Waals surface area contributed by atoms with E-state index in [1.165, 1.54) is 44.4 Å². The number of ether oxygens (including phenoxy) is 3. The Morgan fingerprint density at radius 2 is 2.13 bits per heavy atom. The quantitative estimate of drug-likeness (QED) is 0.214. The Balaban J connectivity index is 1.99. The largest absolute Gasteiger partial charge is 0.485 e. The molecular weight excluding hydrogens is 513 g/mol. The number of rotatable bonds is 8. The Morgan fingerprint density at radius 1 is 1.35 bits per heavy atom. The Hall–Kier alpha value is -2.15. The van der Waals surface area contributed by atoms with Crippen LogP contribution in [-0.2, 0) is 16.1 Å². The maximum absolute atomic E-state index is 15.1. The van der Waals surface area contributed by atoms with Crippen LogP contribution in [-0.4, -0.2) is 53.2 Å². The topological polar surface area (TPSA) is 90.8 Å². The van der Waals surface area contributed by atoms with Crippen LogP contribution in [0.5, 0.6) is 11.5 Å². The van der Waals surface area contributed by atoms with Crippen molar-refractivity contribution in [2.45, 2.75) is 11.6 Å². The SMILES string of the molecule is COCOc1c(OCc2cncnc2SC)cc(/C=C2\SC(=O)N(C)C2=O)c(Br)c1F. The minimum absolute atomic E-state index is 0.0571. The second-order valence-corrected chi connectivity index (χ2v) is 8.64. The molecule has 2 heterocycles. The molecule has 164 valence electrons. The first-order chi connectivity index (χ1) is 14.9. The van der Waals surface area contributed by atoms with Crippen LogP contribution in [0.1, 0.15) is 11.1 Å². The van der Waals surface area contributed by atoms with E-state index in [-0.39, 0.29) is 34.3 Å². The van der Waals surface area contributed by atoms with Crippen molar-refractivity contribution in [1.82, 2.24) is 14.9 Å². The van der Waals surface area contributed by atoms with Crippen molar-refractivity contribution in [3.05, 3.63) is 44.9 Å². The molecule has 0 bridgehead atoms. The van der Waals surface area contributed by atoms with E-state index in [0.29, 0.717) is 11.1 Å². The van der Waals surface area contributed by atoms with Crippen LogP contribution in [0, 0.1) is 5.82 Å². The molecule has 0 atom stereocenters. The van der Waals surface area contributed by atoms with Gasteiger partial charge in [0.05, 0.1) is 9.38 Å². The van der Waals surface area contributed by atoms with Crippen molar-refractivity contribution >= 4 is 56.7 Å². The van der Waals surface area contributed by atoms with Crippen molar-refractivity contribution in [3.63, 3.8) is 0 Å². The average molecular weight is 530 g/mol. The van der Waals surface area contributed by atoms with Gasteiger partial charge in [-0.3, -0.25) is 14.5 Å².